The Balaban J connectivity index is 2.10. The molecule has 1 fully saturated rings. The Morgan fingerprint density at radius 3 is 2.94 bits per heavy atom. The first-order valence-corrected chi connectivity index (χ1v) is 5.64. The van der Waals surface area contributed by atoms with E-state index in [1.54, 1.807) is 7.11 Å². The standard InChI is InChI=1S/C12H14N4O/c1-17-10-4-2-3-8(7-10)11-12(13)14-15-16(11)9-5-6-9/h2-4,7,9H,5-6,13H2,1H3. The second kappa shape index (κ2) is 3.76. The lowest BCUT2D eigenvalue weighted by molar-refractivity contribution is 0.415. The van der Waals surface area contributed by atoms with Gasteiger partial charge < -0.3 is 10.5 Å². The van der Waals surface area contributed by atoms with Crippen molar-refractivity contribution in [3.63, 3.8) is 0 Å². The van der Waals surface area contributed by atoms with Gasteiger partial charge in [0.25, 0.3) is 0 Å². The molecule has 17 heavy (non-hydrogen) atoms. The summed E-state index contributed by atoms with van der Waals surface area (Å²) in [7, 11) is 1.65. The van der Waals surface area contributed by atoms with Crippen LogP contribution in [0.5, 0.6) is 5.75 Å². The minimum atomic E-state index is 0.459. The van der Waals surface area contributed by atoms with Gasteiger partial charge in [-0.15, -0.1) is 5.10 Å². The van der Waals surface area contributed by atoms with Crippen molar-refractivity contribution in [1.82, 2.24) is 15.0 Å². The number of methoxy groups -OCH3 is 1. The summed E-state index contributed by atoms with van der Waals surface area (Å²) in [6.45, 7) is 0. The molecule has 3 rings (SSSR count). The fraction of sp³-hybridized carbons (Fsp3) is 0.333. The third-order valence-electron chi connectivity index (χ3n) is 2.96. The summed E-state index contributed by atoms with van der Waals surface area (Å²) in [5.41, 5.74) is 7.79. The number of anilines is 1. The number of hydrogen-bond donors (Lipinski definition) is 1. The predicted octanol–water partition coefficient (Wildman–Crippen LogP) is 1.87. The summed E-state index contributed by atoms with van der Waals surface area (Å²) in [5, 5.41) is 8.07. The summed E-state index contributed by atoms with van der Waals surface area (Å²) in [5.74, 6) is 1.29. The van der Waals surface area contributed by atoms with E-state index in [9.17, 15) is 0 Å². The summed E-state index contributed by atoms with van der Waals surface area (Å²) in [6, 6.07) is 8.26. The largest absolute Gasteiger partial charge is 0.497 e. The molecule has 1 saturated carbocycles. The Bertz CT molecular complexity index is 545. The molecule has 1 aromatic heterocycles. The van der Waals surface area contributed by atoms with Crippen LogP contribution in [0.2, 0.25) is 0 Å². The highest BCUT2D eigenvalue weighted by atomic mass is 16.5. The maximum atomic E-state index is 5.90. The molecule has 1 heterocycles. The number of benzene rings is 1. The molecule has 2 N–H and O–H groups in total. The Morgan fingerprint density at radius 2 is 2.24 bits per heavy atom. The minimum Gasteiger partial charge on any atom is -0.497 e. The summed E-state index contributed by atoms with van der Waals surface area (Å²) < 4.78 is 7.14. The topological polar surface area (TPSA) is 66.0 Å². The minimum absolute atomic E-state index is 0.459. The Kier molecular flexibility index (Phi) is 2.24. The molecule has 0 amide bonds. The molecule has 0 radical (unpaired) electrons. The monoisotopic (exact) mass is 230 g/mol. The van der Waals surface area contributed by atoms with E-state index in [1.807, 2.05) is 28.9 Å². The van der Waals surface area contributed by atoms with Crippen molar-refractivity contribution in [2.75, 3.05) is 12.8 Å². The summed E-state index contributed by atoms with van der Waals surface area (Å²) in [6.07, 6.45) is 2.31. The van der Waals surface area contributed by atoms with Crippen molar-refractivity contribution in [3.05, 3.63) is 24.3 Å². The lowest BCUT2D eigenvalue weighted by Crippen LogP contribution is -2.00. The third-order valence-corrected chi connectivity index (χ3v) is 2.96. The van der Waals surface area contributed by atoms with Crippen molar-refractivity contribution < 1.29 is 4.74 Å². The lowest BCUT2D eigenvalue weighted by Gasteiger charge is -2.07. The SMILES string of the molecule is COc1cccc(-c2c(N)nnn2C2CC2)c1. The average molecular weight is 230 g/mol. The second-order valence-electron chi connectivity index (χ2n) is 4.23. The second-order valence-corrected chi connectivity index (χ2v) is 4.23. The van der Waals surface area contributed by atoms with Crippen molar-refractivity contribution in [1.29, 1.82) is 0 Å². The fourth-order valence-electron chi connectivity index (χ4n) is 1.93. The van der Waals surface area contributed by atoms with E-state index >= 15 is 0 Å². The van der Waals surface area contributed by atoms with E-state index in [-0.39, 0.29) is 0 Å². The molecule has 5 nitrogen and oxygen atoms in total. The molecule has 0 saturated heterocycles. The number of rotatable bonds is 3. The van der Waals surface area contributed by atoms with Gasteiger partial charge >= 0.3 is 0 Å². The van der Waals surface area contributed by atoms with Gasteiger partial charge in [0.2, 0.25) is 0 Å². The number of aromatic nitrogens is 3. The van der Waals surface area contributed by atoms with Gasteiger partial charge in [0.1, 0.15) is 11.4 Å². The highest BCUT2D eigenvalue weighted by molar-refractivity contribution is 5.71. The van der Waals surface area contributed by atoms with Gasteiger partial charge in [0.05, 0.1) is 13.2 Å². The summed E-state index contributed by atoms with van der Waals surface area (Å²) in [4.78, 5) is 0. The first-order chi connectivity index (χ1) is 8.29. The van der Waals surface area contributed by atoms with Crippen LogP contribution in [0.25, 0.3) is 11.3 Å². The van der Waals surface area contributed by atoms with E-state index in [2.05, 4.69) is 10.3 Å². The quantitative estimate of drug-likeness (QED) is 0.874. The molecule has 0 aliphatic heterocycles. The molecule has 0 unspecified atom stereocenters. The Hall–Kier alpha value is -2.04. The van der Waals surface area contributed by atoms with Crippen LogP contribution in [-0.2, 0) is 0 Å². The zero-order valence-electron chi connectivity index (χ0n) is 9.63. The number of nitrogen functional groups attached to an aromatic ring is 1. The van der Waals surface area contributed by atoms with Crippen LogP contribution >= 0.6 is 0 Å². The molecule has 5 heteroatoms. The van der Waals surface area contributed by atoms with Crippen LogP contribution in [0.3, 0.4) is 0 Å². The summed E-state index contributed by atoms with van der Waals surface area (Å²) >= 11 is 0. The Morgan fingerprint density at radius 1 is 1.41 bits per heavy atom. The van der Waals surface area contributed by atoms with Crippen molar-refractivity contribution in [3.8, 4) is 17.0 Å². The van der Waals surface area contributed by atoms with Gasteiger partial charge in [-0.1, -0.05) is 17.3 Å². The van der Waals surface area contributed by atoms with Crippen molar-refractivity contribution >= 4 is 5.82 Å². The number of ether oxygens (including phenoxy) is 1. The number of hydrogen-bond acceptors (Lipinski definition) is 4. The maximum Gasteiger partial charge on any atom is 0.174 e. The molecule has 1 aliphatic rings. The molecule has 1 aromatic carbocycles. The Labute approximate surface area is 99.2 Å². The molecular formula is C12H14N4O. The van der Waals surface area contributed by atoms with Gasteiger partial charge in [0, 0.05) is 5.56 Å². The highest BCUT2D eigenvalue weighted by Crippen LogP contribution is 2.39. The van der Waals surface area contributed by atoms with Crippen molar-refractivity contribution in [2.24, 2.45) is 0 Å². The van der Waals surface area contributed by atoms with E-state index in [0.29, 0.717) is 11.9 Å². The van der Waals surface area contributed by atoms with Crippen LogP contribution in [-0.4, -0.2) is 22.1 Å². The van der Waals surface area contributed by atoms with E-state index in [1.165, 1.54) is 0 Å². The average Bonchev–Trinajstić information content (AvgIpc) is 3.13. The maximum absolute atomic E-state index is 5.90. The van der Waals surface area contributed by atoms with E-state index in [4.69, 9.17) is 10.5 Å². The van der Waals surface area contributed by atoms with Crippen molar-refractivity contribution in [2.45, 2.75) is 18.9 Å². The van der Waals surface area contributed by atoms with Crippen LogP contribution in [0.15, 0.2) is 24.3 Å². The highest BCUT2D eigenvalue weighted by Gasteiger charge is 2.28. The smallest absolute Gasteiger partial charge is 0.174 e. The lowest BCUT2D eigenvalue weighted by atomic mass is 10.1. The van der Waals surface area contributed by atoms with Gasteiger partial charge in [-0.05, 0) is 25.0 Å². The van der Waals surface area contributed by atoms with Gasteiger partial charge in [-0.25, -0.2) is 4.68 Å². The van der Waals surface area contributed by atoms with Gasteiger partial charge in [0.15, 0.2) is 5.82 Å². The molecule has 2 aromatic rings. The van der Waals surface area contributed by atoms with Crippen LogP contribution in [0.1, 0.15) is 18.9 Å². The molecular weight excluding hydrogens is 216 g/mol. The van der Waals surface area contributed by atoms with Crippen LogP contribution < -0.4 is 10.5 Å². The van der Waals surface area contributed by atoms with E-state index < -0.39 is 0 Å². The third kappa shape index (κ3) is 1.73. The van der Waals surface area contributed by atoms with Crippen LogP contribution in [0, 0.1) is 0 Å². The zero-order valence-corrected chi connectivity index (χ0v) is 9.63. The number of nitrogens with two attached hydrogens (primary N) is 1. The fourth-order valence-corrected chi connectivity index (χ4v) is 1.93. The molecule has 88 valence electrons. The first kappa shape index (κ1) is 10.1. The molecule has 0 bridgehead atoms. The molecule has 0 spiro atoms. The first-order valence-electron chi connectivity index (χ1n) is 5.64. The van der Waals surface area contributed by atoms with Gasteiger partial charge in [-0.2, -0.15) is 0 Å². The van der Waals surface area contributed by atoms with Gasteiger partial charge in [-0.3, -0.25) is 0 Å². The zero-order chi connectivity index (χ0) is 11.8. The predicted molar refractivity (Wildman–Crippen MR) is 64.7 cm³/mol. The number of nitrogens with zero attached hydrogens (tertiary/aromatic N) is 3. The normalized spacial score (nSPS) is 14.9. The molecule has 1 aliphatic carbocycles. The molecule has 0 atom stereocenters. The van der Waals surface area contributed by atoms with E-state index in [0.717, 1.165) is 29.8 Å². The van der Waals surface area contributed by atoms with Crippen LogP contribution in [0.4, 0.5) is 5.82 Å².